The number of methoxy groups -OCH3 is 1. The van der Waals surface area contributed by atoms with Gasteiger partial charge in [-0.1, -0.05) is 51.8 Å². The van der Waals surface area contributed by atoms with Crippen LogP contribution in [0.2, 0.25) is 0 Å². The number of nitrogens with one attached hydrogen (secondary N) is 4. The molecule has 0 bridgehead atoms. The second-order valence-corrected chi connectivity index (χ2v) is 16.0. The van der Waals surface area contributed by atoms with Crippen LogP contribution in [-0.4, -0.2) is 90.1 Å². The summed E-state index contributed by atoms with van der Waals surface area (Å²) in [4.78, 5) is 70.8. The van der Waals surface area contributed by atoms with Crippen molar-refractivity contribution in [2.24, 2.45) is 23.7 Å². The summed E-state index contributed by atoms with van der Waals surface area (Å²) in [6, 6.07) is 10.5. The van der Waals surface area contributed by atoms with E-state index in [1.807, 2.05) is 74.0 Å². The van der Waals surface area contributed by atoms with Crippen LogP contribution in [0.4, 0.5) is 9.59 Å². The fourth-order valence-electron chi connectivity index (χ4n) is 8.55. The van der Waals surface area contributed by atoms with Crippen LogP contribution in [0.3, 0.4) is 0 Å². The Balaban J connectivity index is 0.953. The minimum Gasteiger partial charge on any atom is -0.465 e. The monoisotopic (exact) mass is 746 g/mol. The number of benzene rings is 2. The van der Waals surface area contributed by atoms with Crippen molar-refractivity contribution in [1.82, 2.24) is 40.4 Å². The second kappa shape index (κ2) is 14.1. The van der Waals surface area contributed by atoms with E-state index >= 15 is 0 Å². The van der Waals surface area contributed by atoms with E-state index in [0.29, 0.717) is 29.2 Å². The number of imidazole rings is 2. The van der Waals surface area contributed by atoms with Crippen LogP contribution >= 0.6 is 0 Å². The Morgan fingerprint density at radius 3 is 1.98 bits per heavy atom. The number of carboxylic acid groups (broad SMARTS) is 1. The molecule has 4 fully saturated rings. The van der Waals surface area contributed by atoms with E-state index in [-0.39, 0.29) is 47.8 Å². The second-order valence-electron chi connectivity index (χ2n) is 16.0. The third kappa shape index (κ3) is 6.99. The van der Waals surface area contributed by atoms with Gasteiger partial charge in [0.05, 0.1) is 24.9 Å². The van der Waals surface area contributed by atoms with Crippen molar-refractivity contribution < 1.29 is 29.0 Å². The number of amides is 4. The first-order valence-electron chi connectivity index (χ1n) is 19.0. The molecule has 2 aromatic heterocycles. The molecular weight excluding hydrogens is 701 g/mol. The first kappa shape index (κ1) is 36.2. The highest BCUT2D eigenvalue weighted by molar-refractivity contribution is 5.89. The van der Waals surface area contributed by atoms with Crippen LogP contribution in [0.25, 0.3) is 22.0 Å². The molecule has 2 aromatic carbocycles. The molecule has 0 radical (unpaired) electrons. The maximum Gasteiger partial charge on any atom is 0.407 e. The van der Waals surface area contributed by atoms with Crippen LogP contribution in [0, 0.1) is 35.5 Å². The number of aromatic amines is 2. The Morgan fingerprint density at radius 2 is 1.36 bits per heavy atom. The van der Waals surface area contributed by atoms with E-state index in [0.717, 1.165) is 53.3 Å². The lowest BCUT2D eigenvalue weighted by molar-refractivity contribution is -0.137. The van der Waals surface area contributed by atoms with Gasteiger partial charge >= 0.3 is 12.2 Å². The van der Waals surface area contributed by atoms with Gasteiger partial charge in [-0.3, -0.25) is 9.59 Å². The van der Waals surface area contributed by atoms with E-state index in [2.05, 4.69) is 38.5 Å². The van der Waals surface area contributed by atoms with Crippen molar-refractivity contribution >= 4 is 34.8 Å². The van der Waals surface area contributed by atoms with Crippen molar-refractivity contribution in [2.45, 2.75) is 89.6 Å². The van der Waals surface area contributed by atoms with Gasteiger partial charge in [0, 0.05) is 35.6 Å². The highest BCUT2D eigenvalue weighted by atomic mass is 16.5. The summed E-state index contributed by atoms with van der Waals surface area (Å²) in [7, 11) is 1.29. The number of carbonyl (C=O) groups excluding carboxylic acids is 3. The van der Waals surface area contributed by atoms with Gasteiger partial charge in [-0.15, -0.1) is 0 Å². The van der Waals surface area contributed by atoms with Gasteiger partial charge in [-0.05, 0) is 84.2 Å². The van der Waals surface area contributed by atoms with E-state index in [1.54, 1.807) is 6.20 Å². The average Bonchev–Trinajstić information content (AvgIpc) is 3.76. The number of rotatable bonds is 9. The number of H-pyrrole nitrogens is 2. The number of hydrogen-bond donors (Lipinski definition) is 5. The van der Waals surface area contributed by atoms with E-state index in [1.165, 1.54) is 7.11 Å². The van der Waals surface area contributed by atoms with E-state index < -0.39 is 24.3 Å². The van der Waals surface area contributed by atoms with Gasteiger partial charge in [0.15, 0.2) is 0 Å². The quantitative estimate of drug-likeness (QED) is 0.142. The lowest BCUT2D eigenvalue weighted by Gasteiger charge is -2.31. The zero-order valence-corrected chi connectivity index (χ0v) is 31.5. The zero-order chi connectivity index (χ0) is 38.7. The van der Waals surface area contributed by atoms with Crippen LogP contribution in [0.15, 0.2) is 48.8 Å². The van der Waals surface area contributed by atoms with Crippen LogP contribution in [-0.2, 0) is 14.3 Å². The van der Waals surface area contributed by atoms with E-state index in [4.69, 9.17) is 14.7 Å². The maximum absolute atomic E-state index is 13.7. The first-order chi connectivity index (χ1) is 26.4. The van der Waals surface area contributed by atoms with Crippen LogP contribution < -0.4 is 10.6 Å². The van der Waals surface area contributed by atoms with Gasteiger partial charge in [0.25, 0.3) is 0 Å². The molecule has 4 aliphatic rings. The zero-order valence-electron chi connectivity index (χ0n) is 31.5. The van der Waals surface area contributed by atoms with Crippen molar-refractivity contribution in [2.75, 3.05) is 7.11 Å². The molecule has 4 heterocycles. The third-order valence-electron chi connectivity index (χ3n) is 11.6. The molecule has 55 heavy (non-hydrogen) atoms. The molecule has 14 heteroatoms. The molecule has 286 valence electrons. The summed E-state index contributed by atoms with van der Waals surface area (Å²) in [5.41, 5.74) is 3.12. The normalized spacial score (nSPS) is 24.5. The highest BCUT2D eigenvalue weighted by Gasteiger charge is 2.57. The number of carbonyl (C=O) groups is 4. The Morgan fingerprint density at radius 1 is 0.782 bits per heavy atom. The number of alkyl carbamates (subject to hydrolysis) is 1. The molecule has 2 aliphatic heterocycles. The molecule has 5 N–H and O–H groups in total. The standard InChI is InChI=1S/C41H46N8O6/c1-20(2)34(46-40(52)53)38(50)49-31-15-27(31)17-33(49)37-43-19-29(45-37)25-10-9-23-12-22(6-8-24(23)13-25)7-11-28-18-42-36(44-28)32-16-26-14-30(26)48(32)39(51)35(21(3)4)47-41(54)55-5/h6,8-10,12-13,18-21,26-27,30-35,46H,14-17H2,1-5H3,(H,42,44)(H,43,45)(H,47,54)(H,52,53)/t26-,27+,30+,31+,32-,33-,34-,35-/m0/s1. The van der Waals surface area contributed by atoms with Crippen molar-refractivity contribution in [3.05, 3.63) is 71.7 Å². The minimum atomic E-state index is -1.20. The molecule has 0 unspecified atom stereocenters. The topological polar surface area (TPSA) is 186 Å². The molecule has 0 spiro atoms. The van der Waals surface area contributed by atoms with Crippen LogP contribution in [0.1, 0.15) is 88.4 Å². The number of aromatic nitrogens is 4. The molecule has 2 saturated carbocycles. The predicted octanol–water partition coefficient (Wildman–Crippen LogP) is 5.35. The predicted molar refractivity (Wildman–Crippen MR) is 202 cm³/mol. The Labute approximate surface area is 318 Å². The first-order valence-corrected chi connectivity index (χ1v) is 19.0. The Kier molecular flexibility index (Phi) is 9.27. The van der Waals surface area contributed by atoms with Gasteiger partial charge in [-0.2, -0.15) is 0 Å². The molecule has 2 aliphatic carbocycles. The lowest BCUT2D eigenvalue weighted by Crippen LogP contribution is -2.52. The highest BCUT2D eigenvalue weighted by Crippen LogP contribution is 2.54. The summed E-state index contributed by atoms with van der Waals surface area (Å²) in [5.74, 6) is 8.03. The molecule has 4 amide bonds. The largest absolute Gasteiger partial charge is 0.465 e. The molecule has 8 rings (SSSR count). The summed E-state index contributed by atoms with van der Waals surface area (Å²) >= 11 is 0. The SMILES string of the molecule is COC(=O)N[C@H](C(=O)N1[C@@H]2C[C@H]2C[C@H]1c1nc(C#Cc2ccc3cc(-c4c[nH]c([C@@H]5C[C@H]6C[C@H]6N5C(=O)[C@@H](NC(=O)O)C(C)C)n4)ccc3c2)c[nH]1)C(C)C. The van der Waals surface area contributed by atoms with Gasteiger partial charge < -0.3 is 40.2 Å². The lowest BCUT2D eigenvalue weighted by atomic mass is 10.0. The number of piperidine rings is 2. The van der Waals surface area contributed by atoms with E-state index in [9.17, 15) is 24.3 Å². The average molecular weight is 747 g/mol. The summed E-state index contributed by atoms with van der Waals surface area (Å²) in [5, 5.41) is 16.5. The number of nitrogens with zero attached hydrogens (tertiary/aromatic N) is 4. The number of ether oxygens (including phenoxy) is 1. The molecule has 2 saturated heterocycles. The number of fused-ring (bicyclic) bond motifs is 3. The molecule has 14 nitrogen and oxygen atoms in total. The Hall–Kier alpha value is -5.84. The van der Waals surface area contributed by atoms with Crippen molar-refractivity contribution in [3.63, 3.8) is 0 Å². The van der Waals surface area contributed by atoms with Gasteiger partial charge in [0.1, 0.15) is 29.4 Å². The van der Waals surface area contributed by atoms with Gasteiger partial charge in [-0.25, -0.2) is 19.6 Å². The van der Waals surface area contributed by atoms with Crippen molar-refractivity contribution in [3.8, 4) is 23.1 Å². The molecule has 4 aromatic rings. The van der Waals surface area contributed by atoms with Gasteiger partial charge in [0.2, 0.25) is 11.8 Å². The smallest absolute Gasteiger partial charge is 0.407 e. The minimum absolute atomic E-state index is 0.110. The summed E-state index contributed by atoms with van der Waals surface area (Å²) < 4.78 is 4.77. The molecular formula is C41H46N8O6. The fraction of sp³-hybridized carbons (Fsp3) is 0.463. The fourth-order valence-corrected chi connectivity index (χ4v) is 8.55. The summed E-state index contributed by atoms with van der Waals surface area (Å²) in [6.45, 7) is 7.50. The number of likely N-dealkylation sites (tertiary alicyclic amines) is 2. The number of hydrogen-bond acceptors (Lipinski definition) is 7. The summed E-state index contributed by atoms with van der Waals surface area (Å²) in [6.07, 6.45) is 5.32. The van der Waals surface area contributed by atoms with Crippen molar-refractivity contribution in [1.29, 1.82) is 0 Å². The third-order valence-corrected chi connectivity index (χ3v) is 11.6. The maximum atomic E-state index is 13.7. The Bertz CT molecular complexity index is 2230. The molecule has 8 atom stereocenters. The van der Waals surface area contributed by atoms with Crippen LogP contribution in [0.5, 0.6) is 0 Å².